The van der Waals surface area contributed by atoms with Crippen LogP contribution in [-0.4, -0.2) is 18.2 Å². The van der Waals surface area contributed by atoms with E-state index in [4.69, 9.17) is 0 Å². The first kappa shape index (κ1) is 7.72. The molecule has 0 atom stereocenters. The molecule has 0 radical (unpaired) electrons. The number of hydrazone groups is 1. The van der Waals surface area contributed by atoms with Crippen molar-refractivity contribution >= 4 is 6.21 Å². The molecule has 3 heteroatoms. The Morgan fingerprint density at radius 2 is 2.36 bits per heavy atom. The van der Waals surface area contributed by atoms with Gasteiger partial charge < -0.3 is 5.43 Å². The highest BCUT2D eigenvalue weighted by Gasteiger charge is 1.87. The Balaban J connectivity index is 2.79. The van der Waals surface area contributed by atoms with Gasteiger partial charge in [0.2, 0.25) is 0 Å². The zero-order valence-electron chi connectivity index (χ0n) is 6.70. The van der Waals surface area contributed by atoms with Crippen molar-refractivity contribution < 1.29 is 0 Å². The Hall–Kier alpha value is -1.38. The molecule has 0 saturated heterocycles. The molecular weight excluding hydrogens is 138 g/mol. The first-order chi connectivity index (χ1) is 5.33. The van der Waals surface area contributed by atoms with Crippen molar-refractivity contribution in [2.75, 3.05) is 7.05 Å². The van der Waals surface area contributed by atoms with Gasteiger partial charge in [-0.2, -0.15) is 5.10 Å². The maximum atomic E-state index is 4.22. The molecule has 0 aromatic carbocycles. The zero-order valence-corrected chi connectivity index (χ0v) is 6.70. The quantitative estimate of drug-likeness (QED) is 0.502. The van der Waals surface area contributed by atoms with Gasteiger partial charge in [0.15, 0.2) is 0 Å². The Bertz CT molecular complexity index is 255. The molecule has 1 N–H and O–H groups in total. The largest absolute Gasteiger partial charge is 0.313 e. The second kappa shape index (κ2) is 3.71. The topological polar surface area (TPSA) is 37.3 Å². The second-order valence-corrected chi connectivity index (χ2v) is 2.19. The van der Waals surface area contributed by atoms with Gasteiger partial charge in [-0.05, 0) is 19.1 Å². The summed E-state index contributed by atoms with van der Waals surface area (Å²) in [5.74, 6) is 0. The van der Waals surface area contributed by atoms with Crippen LogP contribution in [0.5, 0.6) is 0 Å². The molecule has 1 aromatic heterocycles. The van der Waals surface area contributed by atoms with E-state index in [0.717, 1.165) is 11.4 Å². The standard InChI is InChI=1S/C8H11N3/c1-7-4-3-5-8(11-7)6-10-9-2/h3-6,9H,1-2H3. The lowest BCUT2D eigenvalue weighted by Crippen LogP contribution is -1.96. The second-order valence-electron chi connectivity index (χ2n) is 2.19. The van der Waals surface area contributed by atoms with E-state index in [1.54, 1.807) is 13.3 Å². The lowest BCUT2D eigenvalue weighted by Gasteiger charge is -1.93. The van der Waals surface area contributed by atoms with E-state index < -0.39 is 0 Å². The molecular formula is C8H11N3. The molecule has 0 saturated carbocycles. The van der Waals surface area contributed by atoms with Crippen LogP contribution < -0.4 is 5.43 Å². The summed E-state index contributed by atoms with van der Waals surface area (Å²) in [6.45, 7) is 1.96. The van der Waals surface area contributed by atoms with E-state index in [1.165, 1.54) is 0 Å². The monoisotopic (exact) mass is 149 g/mol. The fourth-order valence-corrected chi connectivity index (χ4v) is 0.767. The Kier molecular flexibility index (Phi) is 2.60. The van der Waals surface area contributed by atoms with Crippen molar-refractivity contribution in [1.29, 1.82) is 0 Å². The first-order valence-corrected chi connectivity index (χ1v) is 3.46. The van der Waals surface area contributed by atoms with E-state index in [1.807, 2.05) is 25.1 Å². The highest BCUT2D eigenvalue weighted by atomic mass is 15.3. The van der Waals surface area contributed by atoms with Gasteiger partial charge in [-0.15, -0.1) is 0 Å². The van der Waals surface area contributed by atoms with Gasteiger partial charge in [-0.3, -0.25) is 4.98 Å². The molecule has 0 fully saturated rings. The smallest absolute Gasteiger partial charge is 0.0833 e. The fourth-order valence-electron chi connectivity index (χ4n) is 0.767. The number of rotatable bonds is 2. The van der Waals surface area contributed by atoms with Crippen LogP contribution in [0.2, 0.25) is 0 Å². The molecule has 0 aliphatic carbocycles. The predicted molar refractivity (Wildman–Crippen MR) is 45.6 cm³/mol. The van der Waals surface area contributed by atoms with Crippen molar-refractivity contribution in [2.45, 2.75) is 6.92 Å². The number of aryl methyl sites for hydroxylation is 1. The zero-order chi connectivity index (χ0) is 8.10. The Labute approximate surface area is 66.2 Å². The van der Waals surface area contributed by atoms with Crippen molar-refractivity contribution in [2.24, 2.45) is 5.10 Å². The third-order valence-electron chi connectivity index (χ3n) is 1.24. The third-order valence-corrected chi connectivity index (χ3v) is 1.24. The van der Waals surface area contributed by atoms with Crippen LogP contribution in [0.25, 0.3) is 0 Å². The molecule has 0 amide bonds. The number of hydrogen-bond acceptors (Lipinski definition) is 3. The average Bonchev–Trinajstić information content (AvgIpc) is 2.01. The van der Waals surface area contributed by atoms with E-state index in [9.17, 15) is 0 Å². The number of aromatic nitrogens is 1. The van der Waals surface area contributed by atoms with Crippen LogP contribution in [-0.2, 0) is 0 Å². The van der Waals surface area contributed by atoms with E-state index in [2.05, 4.69) is 15.5 Å². The predicted octanol–water partition coefficient (Wildman–Crippen LogP) is 0.943. The number of nitrogens with zero attached hydrogens (tertiary/aromatic N) is 2. The minimum absolute atomic E-state index is 0.874. The summed E-state index contributed by atoms with van der Waals surface area (Å²) in [6.07, 6.45) is 1.69. The maximum absolute atomic E-state index is 4.22. The van der Waals surface area contributed by atoms with Gasteiger partial charge >= 0.3 is 0 Å². The van der Waals surface area contributed by atoms with Crippen LogP contribution >= 0.6 is 0 Å². The van der Waals surface area contributed by atoms with E-state index in [0.29, 0.717) is 0 Å². The molecule has 58 valence electrons. The fraction of sp³-hybridized carbons (Fsp3) is 0.250. The van der Waals surface area contributed by atoms with Gasteiger partial charge in [-0.25, -0.2) is 0 Å². The summed E-state index contributed by atoms with van der Waals surface area (Å²) in [4.78, 5) is 4.22. The van der Waals surface area contributed by atoms with Crippen LogP contribution in [0.3, 0.4) is 0 Å². The van der Waals surface area contributed by atoms with Crippen LogP contribution in [0.1, 0.15) is 11.4 Å². The summed E-state index contributed by atoms with van der Waals surface area (Å²) in [6, 6.07) is 5.82. The summed E-state index contributed by atoms with van der Waals surface area (Å²) in [7, 11) is 1.76. The highest BCUT2D eigenvalue weighted by Crippen LogP contribution is 1.93. The molecule has 0 spiro atoms. The third kappa shape index (κ3) is 2.37. The minimum atomic E-state index is 0.874. The van der Waals surface area contributed by atoms with Crippen LogP contribution in [0, 0.1) is 6.92 Å². The normalized spacial score (nSPS) is 10.4. The van der Waals surface area contributed by atoms with Gasteiger partial charge in [0.05, 0.1) is 11.9 Å². The van der Waals surface area contributed by atoms with E-state index in [-0.39, 0.29) is 0 Å². The van der Waals surface area contributed by atoms with Crippen molar-refractivity contribution in [3.63, 3.8) is 0 Å². The summed E-state index contributed by atoms with van der Waals surface area (Å²) >= 11 is 0. The molecule has 0 bridgehead atoms. The maximum Gasteiger partial charge on any atom is 0.0833 e. The van der Waals surface area contributed by atoms with Crippen molar-refractivity contribution in [1.82, 2.24) is 10.4 Å². The molecule has 1 rings (SSSR count). The summed E-state index contributed by atoms with van der Waals surface area (Å²) in [5.41, 5.74) is 4.54. The minimum Gasteiger partial charge on any atom is -0.313 e. The lowest BCUT2D eigenvalue weighted by molar-refractivity contribution is 0.906. The molecule has 3 nitrogen and oxygen atoms in total. The molecule has 1 heterocycles. The average molecular weight is 149 g/mol. The van der Waals surface area contributed by atoms with E-state index >= 15 is 0 Å². The SMILES string of the molecule is CNN=Cc1cccc(C)n1. The Morgan fingerprint density at radius 1 is 1.55 bits per heavy atom. The number of pyridine rings is 1. The van der Waals surface area contributed by atoms with Crippen LogP contribution in [0.15, 0.2) is 23.3 Å². The molecule has 0 aliphatic heterocycles. The summed E-state index contributed by atoms with van der Waals surface area (Å²) < 4.78 is 0. The molecule has 0 aliphatic rings. The molecule has 11 heavy (non-hydrogen) atoms. The first-order valence-electron chi connectivity index (χ1n) is 3.46. The van der Waals surface area contributed by atoms with Crippen molar-refractivity contribution in [3.8, 4) is 0 Å². The van der Waals surface area contributed by atoms with Crippen molar-refractivity contribution in [3.05, 3.63) is 29.6 Å². The number of hydrogen-bond donors (Lipinski definition) is 1. The van der Waals surface area contributed by atoms with Gasteiger partial charge in [0, 0.05) is 12.7 Å². The number of nitrogens with one attached hydrogen (secondary N) is 1. The van der Waals surface area contributed by atoms with Gasteiger partial charge in [0.25, 0.3) is 0 Å². The van der Waals surface area contributed by atoms with Crippen LogP contribution in [0.4, 0.5) is 0 Å². The lowest BCUT2D eigenvalue weighted by atomic mass is 10.3. The molecule has 1 aromatic rings. The van der Waals surface area contributed by atoms with Gasteiger partial charge in [-0.1, -0.05) is 6.07 Å². The Morgan fingerprint density at radius 3 is 3.00 bits per heavy atom. The highest BCUT2D eigenvalue weighted by molar-refractivity contribution is 5.76. The summed E-state index contributed by atoms with van der Waals surface area (Å²) in [5, 5.41) is 3.85. The molecule has 0 unspecified atom stereocenters. The van der Waals surface area contributed by atoms with Gasteiger partial charge in [0.1, 0.15) is 0 Å².